The Labute approximate surface area is 123 Å². The summed E-state index contributed by atoms with van der Waals surface area (Å²) in [5.41, 5.74) is -0.438. The number of nitrogens with zero attached hydrogens (tertiary/aromatic N) is 4. The van der Waals surface area contributed by atoms with Crippen molar-refractivity contribution in [3.63, 3.8) is 0 Å². The van der Waals surface area contributed by atoms with Crippen molar-refractivity contribution in [2.24, 2.45) is 5.41 Å². The highest BCUT2D eigenvalue weighted by Gasteiger charge is 2.45. The van der Waals surface area contributed by atoms with E-state index in [2.05, 4.69) is 15.2 Å². The number of carboxylic acids is 1. The molecule has 1 aliphatic rings. The van der Waals surface area contributed by atoms with Gasteiger partial charge in [0.1, 0.15) is 18.2 Å². The lowest BCUT2D eigenvalue weighted by molar-refractivity contribution is -0.148. The minimum Gasteiger partial charge on any atom is -0.480 e. The van der Waals surface area contributed by atoms with Crippen LogP contribution in [0.4, 0.5) is 4.79 Å². The highest BCUT2D eigenvalue weighted by Crippen LogP contribution is 2.35. The smallest absolute Gasteiger partial charge is 0.327 e. The van der Waals surface area contributed by atoms with E-state index in [0.717, 1.165) is 12.8 Å². The van der Waals surface area contributed by atoms with Crippen LogP contribution in [0.2, 0.25) is 0 Å². The molecule has 0 aromatic carbocycles. The number of rotatable bonds is 3. The molecule has 1 atom stereocenters. The number of carbonyl (C=O) groups is 2. The Morgan fingerprint density at radius 1 is 1.57 bits per heavy atom. The molecule has 116 valence electrons. The molecule has 1 aliphatic heterocycles. The van der Waals surface area contributed by atoms with Gasteiger partial charge in [-0.25, -0.2) is 14.6 Å². The van der Waals surface area contributed by atoms with Crippen molar-refractivity contribution < 1.29 is 14.7 Å². The van der Waals surface area contributed by atoms with Gasteiger partial charge in [-0.1, -0.05) is 13.8 Å². The highest BCUT2D eigenvalue weighted by molar-refractivity contribution is 5.83. The van der Waals surface area contributed by atoms with Gasteiger partial charge in [0.25, 0.3) is 0 Å². The first-order valence-corrected chi connectivity index (χ1v) is 6.92. The average Bonchev–Trinajstić information content (AvgIpc) is 2.88. The maximum Gasteiger partial charge on any atom is 0.327 e. The van der Waals surface area contributed by atoms with Crippen LogP contribution >= 0.6 is 0 Å². The Kier molecular flexibility index (Phi) is 4.15. The van der Waals surface area contributed by atoms with Crippen LogP contribution in [0.25, 0.3) is 0 Å². The quantitative estimate of drug-likeness (QED) is 0.863. The Morgan fingerprint density at radius 3 is 2.86 bits per heavy atom. The fourth-order valence-corrected chi connectivity index (χ4v) is 2.88. The molecule has 1 aromatic rings. The van der Waals surface area contributed by atoms with Crippen molar-refractivity contribution in [2.45, 2.75) is 39.3 Å². The van der Waals surface area contributed by atoms with E-state index in [-0.39, 0.29) is 12.6 Å². The second-order valence-corrected chi connectivity index (χ2v) is 6.10. The number of piperidine rings is 1. The van der Waals surface area contributed by atoms with Crippen LogP contribution in [0.3, 0.4) is 0 Å². The fourth-order valence-electron chi connectivity index (χ4n) is 2.88. The number of likely N-dealkylation sites (tertiary alicyclic amines) is 1. The Morgan fingerprint density at radius 2 is 2.29 bits per heavy atom. The number of urea groups is 1. The van der Waals surface area contributed by atoms with Gasteiger partial charge in [-0.2, -0.15) is 5.10 Å². The zero-order chi connectivity index (χ0) is 15.6. The van der Waals surface area contributed by atoms with Gasteiger partial charge in [0.15, 0.2) is 0 Å². The van der Waals surface area contributed by atoms with E-state index in [0.29, 0.717) is 12.4 Å². The molecule has 1 unspecified atom stereocenters. The predicted molar refractivity (Wildman–Crippen MR) is 74.4 cm³/mol. The second-order valence-electron chi connectivity index (χ2n) is 6.10. The van der Waals surface area contributed by atoms with Gasteiger partial charge >= 0.3 is 12.0 Å². The van der Waals surface area contributed by atoms with Gasteiger partial charge < -0.3 is 14.9 Å². The van der Waals surface area contributed by atoms with E-state index in [1.54, 1.807) is 7.05 Å². The summed E-state index contributed by atoms with van der Waals surface area (Å²) in [7, 11) is 1.63. The van der Waals surface area contributed by atoms with Gasteiger partial charge in [0, 0.05) is 13.6 Å². The van der Waals surface area contributed by atoms with Crippen LogP contribution in [-0.4, -0.2) is 61.7 Å². The topological polar surface area (TPSA) is 102 Å². The number of aromatic amines is 1. The molecule has 1 fully saturated rings. The Balaban J connectivity index is 2.14. The number of hydrogen-bond donors (Lipinski definition) is 2. The molecule has 1 saturated heterocycles. The van der Waals surface area contributed by atoms with Crippen LogP contribution < -0.4 is 0 Å². The summed E-state index contributed by atoms with van der Waals surface area (Å²) in [6, 6.07) is -1.11. The van der Waals surface area contributed by atoms with E-state index < -0.39 is 17.4 Å². The number of carbonyl (C=O) groups excluding carboxylic acids is 1. The number of nitrogens with one attached hydrogen (secondary N) is 1. The van der Waals surface area contributed by atoms with Crippen molar-refractivity contribution in [2.75, 3.05) is 13.6 Å². The molecule has 21 heavy (non-hydrogen) atoms. The lowest BCUT2D eigenvalue weighted by atomic mass is 9.76. The van der Waals surface area contributed by atoms with Crippen LogP contribution in [0.1, 0.15) is 32.5 Å². The van der Waals surface area contributed by atoms with E-state index in [1.165, 1.54) is 16.1 Å². The molecule has 0 saturated carbocycles. The SMILES string of the molecule is CN(Cc1ncn[nH]1)C(=O)N1CCCC(C)(C)C1C(=O)O. The summed E-state index contributed by atoms with van der Waals surface area (Å²) >= 11 is 0. The molecule has 2 amide bonds. The largest absolute Gasteiger partial charge is 0.480 e. The maximum absolute atomic E-state index is 12.6. The summed E-state index contributed by atoms with van der Waals surface area (Å²) in [4.78, 5) is 31.0. The molecule has 1 aromatic heterocycles. The number of aliphatic carboxylic acids is 1. The van der Waals surface area contributed by atoms with Gasteiger partial charge in [-0.3, -0.25) is 5.10 Å². The molecular formula is C13H21N5O3. The summed E-state index contributed by atoms with van der Waals surface area (Å²) < 4.78 is 0. The van der Waals surface area contributed by atoms with E-state index >= 15 is 0 Å². The number of carboxylic acid groups (broad SMARTS) is 1. The Hall–Kier alpha value is -2.12. The molecule has 0 spiro atoms. The van der Waals surface area contributed by atoms with Crippen molar-refractivity contribution in [3.05, 3.63) is 12.2 Å². The minimum atomic E-state index is -0.957. The van der Waals surface area contributed by atoms with Gasteiger partial charge in [0.2, 0.25) is 0 Å². The zero-order valence-electron chi connectivity index (χ0n) is 12.5. The monoisotopic (exact) mass is 295 g/mol. The van der Waals surface area contributed by atoms with Crippen LogP contribution in [0, 0.1) is 5.41 Å². The second kappa shape index (κ2) is 5.71. The van der Waals surface area contributed by atoms with Crippen molar-refractivity contribution >= 4 is 12.0 Å². The van der Waals surface area contributed by atoms with Crippen LogP contribution in [0.5, 0.6) is 0 Å². The lowest BCUT2D eigenvalue weighted by Crippen LogP contribution is -2.58. The number of amides is 2. The van der Waals surface area contributed by atoms with E-state index in [1.807, 2.05) is 13.8 Å². The zero-order valence-corrected chi connectivity index (χ0v) is 12.5. The first kappa shape index (κ1) is 15.3. The summed E-state index contributed by atoms with van der Waals surface area (Å²) in [5.74, 6) is -0.393. The van der Waals surface area contributed by atoms with E-state index in [4.69, 9.17) is 0 Å². The maximum atomic E-state index is 12.6. The summed E-state index contributed by atoms with van der Waals surface area (Å²) in [5, 5.41) is 15.9. The molecule has 0 radical (unpaired) electrons. The molecule has 0 bridgehead atoms. The Bertz CT molecular complexity index is 514. The standard InChI is InChI=1S/C13H21N5O3/c1-13(2)5-4-6-18(10(13)11(19)20)12(21)17(3)7-9-14-8-15-16-9/h8,10H,4-7H2,1-3H3,(H,19,20)(H,14,15,16). The average molecular weight is 295 g/mol. The lowest BCUT2D eigenvalue weighted by Gasteiger charge is -2.44. The molecule has 8 nitrogen and oxygen atoms in total. The third kappa shape index (κ3) is 3.14. The number of aromatic nitrogens is 3. The minimum absolute atomic E-state index is 0.266. The number of hydrogen-bond acceptors (Lipinski definition) is 4. The van der Waals surface area contributed by atoms with Crippen molar-refractivity contribution in [1.82, 2.24) is 25.0 Å². The predicted octanol–water partition coefficient (Wildman–Crippen LogP) is 0.932. The molecule has 0 aliphatic carbocycles. The molecule has 2 rings (SSSR count). The highest BCUT2D eigenvalue weighted by atomic mass is 16.4. The fraction of sp³-hybridized carbons (Fsp3) is 0.692. The molecule has 2 heterocycles. The molecule has 8 heteroatoms. The van der Waals surface area contributed by atoms with Gasteiger partial charge in [-0.15, -0.1) is 0 Å². The van der Waals surface area contributed by atoms with Crippen molar-refractivity contribution in [1.29, 1.82) is 0 Å². The van der Waals surface area contributed by atoms with Gasteiger partial charge in [0.05, 0.1) is 6.54 Å². The summed E-state index contributed by atoms with van der Waals surface area (Å²) in [6.07, 6.45) is 2.97. The van der Waals surface area contributed by atoms with Crippen LogP contribution in [-0.2, 0) is 11.3 Å². The normalized spacial score (nSPS) is 21.1. The first-order chi connectivity index (χ1) is 9.83. The third-order valence-electron chi connectivity index (χ3n) is 3.93. The van der Waals surface area contributed by atoms with Crippen molar-refractivity contribution in [3.8, 4) is 0 Å². The van der Waals surface area contributed by atoms with E-state index in [9.17, 15) is 14.7 Å². The van der Waals surface area contributed by atoms with Crippen LogP contribution in [0.15, 0.2) is 6.33 Å². The molecular weight excluding hydrogens is 274 g/mol. The first-order valence-electron chi connectivity index (χ1n) is 6.92. The summed E-state index contributed by atoms with van der Waals surface area (Å²) in [6.45, 7) is 4.51. The third-order valence-corrected chi connectivity index (χ3v) is 3.93. The van der Waals surface area contributed by atoms with Gasteiger partial charge in [-0.05, 0) is 18.3 Å². The molecule has 2 N–H and O–H groups in total. The number of H-pyrrole nitrogens is 1.